The molecule has 16 heavy (non-hydrogen) atoms. The van der Waals surface area contributed by atoms with Crippen LogP contribution in [0.3, 0.4) is 0 Å². The number of amides is 1. The molecule has 1 fully saturated rings. The summed E-state index contributed by atoms with van der Waals surface area (Å²) in [6.45, 7) is 9.37. The first kappa shape index (κ1) is 16.1. The standard InChI is InChI=1S/C11H22N2OS.ClH/c1-11(2,3)15-8-10(14)13-7-9-4-5-12-6-9;/h9,12H,4-8H2,1-3H3,(H,13,14);1H. The van der Waals surface area contributed by atoms with Gasteiger partial charge in [0, 0.05) is 11.3 Å². The highest BCUT2D eigenvalue weighted by atomic mass is 35.5. The minimum Gasteiger partial charge on any atom is -0.355 e. The Hall–Kier alpha value is 0.0700. The van der Waals surface area contributed by atoms with Gasteiger partial charge in [-0.25, -0.2) is 0 Å². The molecule has 1 unspecified atom stereocenters. The molecule has 0 aromatic heterocycles. The topological polar surface area (TPSA) is 41.1 Å². The third kappa shape index (κ3) is 7.36. The van der Waals surface area contributed by atoms with Crippen molar-refractivity contribution in [3.63, 3.8) is 0 Å². The molecule has 1 amide bonds. The van der Waals surface area contributed by atoms with E-state index < -0.39 is 0 Å². The van der Waals surface area contributed by atoms with E-state index in [1.165, 1.54) is 6.42 Å². The van der Waals surface area contributed by atoms with E-state index >= 15 is 0 Å². The Morgan fingerprint density at radius 1 is 1.50 bits per heavy atom. The summed E-state index contributed by atoms with van der Waals surface area (Å²) < 4.78 is 0.173. The second-order valence-corrected chi connectivity index (χ2v) is 6.87. The molecule has 0 aromatic rings. The van der Waals surface area contributed by atoms with Crippen molar-refractivity contribution in [2.75, 3.05) is 25.4 Å². The molecule has 96 valence electrons. The van der Waals surface area contributed by atoms with Crippen LogP contribution in [0.15, 0.2) is 0 Å². The number of hydrogen-bond donors (Lipinski definition) is 2. The van der Waals surface area contributed by atoms with Crippen LogP contribution in [0, 0.1) is 5.92 Å². The first-order valence-corrected chi connectivity index (χ1v) is 6.57. The third-order valence-electron chi connectivity index (χ3n) is 2.39. The Kier molecular flexibility index (Phi) is 7.44. The summed E-state index contributed by atoms with van der Waals surface area (Å²) in [7, 11) is 0. The molecule has 5 heteroatoms. The zero-order valence-electron chi connectivity index (χ0n) is 10.3. The van der Waals surface area contributed by atoms with Crippen molar-refractivity contribution >= 4 is 30.1 Å². The molecule has 0 bridgehead atoms. The number of rotatable bonds is 4. The largest absolute Gasteiger partial charge is 0.355 e. The smallest absolute Gasteiger partial charge is 0.230 e. The Labute approximate surface area is 109 Å². The Balaban J connectivity index is 0.00000225. The monoisotopic (exact) mass is 266 g/mol. The van der Waals surface area contributed by atoms with Gasteiger partial charge in [0.1, 0.15) is 0 Å². The van der Waals surface area contributed by atoms with Gasteiger partial charge in [-0.15, -0.1) is 24.2 Å². The molecule has 0 spiro atoms. The zero-order valence-corrected chi connectivity index (χ0v) is 12.0. The van der Waals surface area contributed by atoms with Crippen molar-refractivity contribution in [2.24, 2.45) is 5.92 Å². The minimum absolute atomic E-state index is 0. The SMILES string of the molecule is CC(C)(C)SCC(=O)NCC1CCNC1.Cl. The van der Waals surface area contributed by atoms with Crippen LogP contribution < -0.4 is 10.6 Å². The number of thioether (sulfide) groups is 1. The van der Waals surface area contributed by atoms with Gasteiger partial charge in [0.25, 0.3) is 0 Å². The summed E-state index contributed by atoms with van der Waals surface area (Å²) >= 11 is 1.70. The third-order valence-corrected chi connectivity index (χ3v) is 3.66. The van der Waals surface area contributed by atoms with E-state index in [9.17, 15) is 4.79 Å². The molecule has 0 radical (unpaired) electrons. The van der Waals surface area contributed by atoms with Gasteiger partial charge >= 0.3 is 0 Å². The fourth-order valence-electron chi connectivity index (χ4n) is 1.48. The summed E-state index contributed by atoms with van der Waals surface area (Å²) in [5.41, 5.74) is 0. The molecule has 1 heterocycles. The molecule has 0 aliphatic carbocycles. The second kappa shape index (κ2) is 7.41. The van der Waals surface area contributed by atoms with Gasteiger partial charge in [-0.1, -0.05) is 20.8 Å². The zero-order chi connectivity index (χ0) is 11.3. The molecule has 3 nitrogen and oxygen atoms in total. The molecule has 1 aliphatic heterocycles. The Morgan fingerprint density at radius 3 is 2.69 bits per heavy atom. The van der Waals surface area contributed by atoms with Gasteiger partial charge in [0.15, 0.2) is 0 Å². The van der Waals surface area contributed by atoms with Gasteiger partial charge in [-0.3, -0.25) is 4.79 Å². The van der Waals surface area contributed by atoms with Crippen LogP contribution in [-0.4, -0.2) is 36.0 Å². The molecular formula is C11H23ClN2OS. The highest BCUT2D eigenvalue weighted by molar-refractivity contribution is 8.01. The van der Waals surface area contributed by atoms with E-state index in [0.717, 1.165) is 19.6 Å². The number of nitrogens with one attached hydrogen (secondary N) is 2. The Bertz CT molecular complexity index is 213. The molecule has 0 aromatic carbocycles. The van der Waals surface area contributed by atoms with E-state index in [4.69, 9.17) is 0 Å². The van der Waals surface area contributed by atoms with E-state index in [0.29, 0.717) is 11.7 Å². The van der Waals surface area contributed by atoms with Crippen LogP contribution in [0.4, 0.5) is 0 Å². The molecule has 1 aliphatic rings. The van der Waals surface area contributed by atoms with E-state index in [1.807, 2.05) is 0 Å². The van der Waals surface area contributed by atoms with Crippen LogP contribution in [0.2, 0.25) is 0 Å². The summed E-state index contributed by atoms with van der Waals surface area (Å²) in [4.78, 5) is 11.5. The summed E-state index contributed by atoms with van der Waals surface area (Å²) in [6, 6.07) is 0. The highest BCUT2D eigenvalue weighted by Gasteiger charge is 2.16. The van der Waals surface area contributed by atoms with Crippen LogP contribution >= 0.6 is 24.2 Å². The quantitative estimate of drug-likeness (QED) is 0.813. The molecule has 1 rings (SSSR count). The fourth-order valence-corrected chi connectivity index (χ4v) is 2.15. The predicted octanol–water partition coefficient (Wildman–Crippen LogP) is 1.67. The average molecular weight is 267 g/mol. The van der Waals surface area contributed by atoms with Crippen LogP contribution in [0.1, 0.15) is 27.2 Å². The molecule has 2 N–H and O–H groups in total. The summed E-state index contributed by atoms with van der Waals surface area (Å²) in [5, 5.41) is 6.29. The lowest BCUT2D eigenvalue weighted by Crippen LogP contribution is -2.32. The van der Waals surface area contributed by atoms with Gasteiger partial charge in [0.05, 0.1) is 5.75 Å². The molecule has 1 atom stereocenters. The van der Waals surface area contributed by atoms with E-state index in [1.54, 1.807) is 11.8 Å². The second-order valence-electron chi connectivity index (χ2n) is 5.06. The molecular weight excluding hydrogens is 244 g/mol. The first-order chi connectivity index (χ1) is 6.97. The minimum atomic E-state index is 0. The number of halogens is 1. The van der Waals surface area contributed by atoms with Gasteiger partial charge in [-0.2, -0.15) is 0 Å². The Morgan fingerprint density at radius 2 is 2.19 bits per heavy atom. The lowest BCUT2D eigenvalue weighted by atomic mass is 10.1. The van der Waals surface area contributed by atoms with Crippen molar-refractivity contribution in [3.8, 4) is 0 Å². The van der Waals surface area contributed by atoms with Crippen LogP contribution in [0.5, 0.6) is 0 Å². The number of carbonyl (C=O) groups excluding carboxylic acids is 1. The summed E-state index contributed by atoms with van der Waals surface area (Å²) in [6.07, 6.45) is 1.19. The van der Waals surface area contributed by atoms with Crippen LogP contribution in [0.25, 0.3) is 0 Å². The van der Waals surface area contributed by atoms with Crippen molar-refractivity contribution < 1.29 is 4.79 Å². The predicted molar refractivity (Wildman–Crippen MR) is 73.4 cm³/mol. The van der Waals surface area contributed by atoms with Crippen molar-refractivity contribution in [3.05, 3.63) is 0 Å². The fraction of sp³-hybridized carbons (Fsp3) is 0.909. The van der Waals surface area contributed by atoms with Gasteiger partial charge < -0.3 is 10.6 Å². The highest BCUT2D eigenvalue weighted by Crippen LogP contribution is 2.22. The number of hydrogen-bond acceptors (Lipinski definition) is 3. The normalized spacial score (nSPS) is 20.3. The van der Waals surface area contributed by atoms with Crippen molar-refractivity contribution in [1.29, 1.82) is 0 Å². The maximum absolute atomic E-state index is 11.5. The van der Waals surface area contributed by atoms with Crippen molar-refractivity contribution in [2.45, 2.75) is 31.9 Å². The van der Waals surface area contributed by atoms with Crippen molar-refractivity contribution in [1.82, 2.24) is 10.6 Å². The average Bonchev–Trinajstić information content (AvgIpc) is 2.62. The molecule has 0 saturated carbocycles. The number of carbonyl (C=O) groups is 1. The molecule has 1 saturated heterocycles. The van der Waals surface area contributed by atoms with E-state index in [2.05, 4.69) is 31.4 Å². The lowest BCUT2D eigenvalue weighted by molar-refractivity contribution is -0.118. The maximum Gasteiger partial charge on any atom is 0.230 e. The lowest BCUT2D eigenvalue weighted by Gasteiger charge is -2.17. The summed E-state index contributed by atoms with van der Waals surface area (Å²) in [5.74, 6) is 1.37. The maximum atomic E-state index is 11.5. The van der Waals surface area contributed by atoms with E-state index in [-0.39, 0.29) is 23.1 Å². The first-order valence-electron chi connectivity index (χ1n) is 5.59. The van der Waals surface area contributed by atoms with Gasteiger partial charge in [0.2, 0.25) is 5.91 Å². The van der Waals surface area contributed by atoms with Crippen LogP contribution in [-0.2, 0) is 4.79 Å². The van der Waals surface area contributed by atoms with Gasteiger partial charge in [-0.05, 0) is 25.4 Å².